The molecule has 3 heteroatoms. The van der Waals surface area contributed by atoms with E-state index >= 15 is 0 Å². The van der Waals surface area contributed by atoms with Crippen molar-refractivity contribution in [3.05, 3.63) is 60.8 Å². The maximum absolute atomic E-state index is 10.8. The fourth-order valence-electron chi connectivity index (χ4n) is 1.75. The van der Waals surface area contributed by atoms with Crippen LogP contribution >= 0.6 is 0 Å². The number of carboxylic acid groups (broad SMARTS) is 1. The molecule has 0 heterocycles. The monoisotopic (exact) mass is 320 g/mol. The maximum atomic E-state index is 10.8. The summed E-state index contributed by atoms with van der Waals surface area (Å²) in [6.45, 7) is 2.12. The Balaban J connectivity index is 3.87. The fourth-order valence-corrected chi connectivity index (χ4v) is 1.75. The first kappa shape index (κ1) is 17.5. The van der Waals surface area contributed by atoms with Crippen molar-refractivity contribution < 1.29 is 15.0 Å². The molecule has 0 amide bonds. The van der Waals surface area contributed by atoms with E-state index < -0.39 is 5.97 Å². The normalized spacial score (nSPS) is 15.2. The summed E-state index contributed by atoms with van der Waals surface area (Å²) in [4.78, 5) is 10.8. The van der Waals surface area contributed by atoms with Gasteiger partial charge in [0.25, 0.3) is 1.43 Å². The summed E-state index contributed by atoms with van der Waals surface area (Å²) in [7, 11) is 0. The van der Waals surface area contributed by atoms with Crippen molar-refractivity contribution >= 4 is 5.97 Å². The Hall–Kier alpha value is -1.87. The smallest absolute Gasteiger partial charge is 0.303 e. The van der Waals surface area contributed by atoms with Crippen LogP contribution in [0.4, 0.5) is 0 Å². The molecule has 0 aromatic carbocycles. The highest BCUT2D eigenvalue weighted by Crippen LogP contribution is 2.01. The quantitative estimate of drug-likeness (QED) is 0.270. The largest absolute Gasteiger partial charge is 0.481 e. The highest BCUT2D eigenvalue weighted by molar-refractivity contribution is 5.66. The van der Waals surface area contributed by atoms with Crippen molar-refractivity contribution in [3.8, 4) is 0 Å². The zero-order chi connectivity index (χ0) is 18.6. The van der Waals surface area contributed by atoms with Gasteiger partial charge in [0, 0.05) is 6.42 Å². The number of aliphatic carboxylic acids is 1. The third kappa shape index (κ3) is 18.1. The van der Waals surface area contributed by atoms with Gasteiger partial charge in [-0.25, -0.2) is 0 Å². The Kier molecular flexibility index (Phi) is 12.5. The first-order valence-corrected chi connectivity index (χ1v) is 8.30. The van der Waals surface area contributed by atoms with Gasteiger partial charge in [-0.15, -0.1) is 0 Å². The van der Waals surface area contributed by atoms with Crippen LogP contribution < -0.4 is 0 Å². The first-order valence-electron chi connectivity index (χ1n) is 9.12. The second-order valence-corrected chi connectivity index (χ2v) is 5.15. The van der Waals surface area contributed by atoms with Crippen LogP contribution in [0.3, 0.4) is 0 Å². The van der Waals surface area contributed by atoms with Crippen LogP contribution in [-0.4, -0.2) is 23.7 Å². The van der Waals surface area contributed by atoms with Gasteiger partial charge in [-0.1, -0.05) is 67.7 Å². The SMILES string of the molecule is [2H]OC(=O)CCC/C=C\CC(/C=C/C=C\C/C=C\C/C=C\CC)O[2H]. The van der Waals surface area contributed by atoms with Crippen molar-refractivity contribution in [2.24, 2.45) is 0 Å². The van der Waals surface area contributed by atoms with E-state index in [1.807, 2.05) is 30.4 Å². The number of unbranched alkanes of at least 4 members (excludes halogenated alkanes) is 1. The summed E-state index contributed by atoms with van der Waals surface area (Å²) in [6, 6.07) is 0. The number of carbonyl (C=O) groups is 1. The van der Waals surface area contributed by atoms with Gasteiger partial charge >= 0.3 is 5.97 Å². The molecule has 0 aliphatic carbocycles. The third-order valence-electron chi connectivity index (χ3n) is 2.97. The minimum atomic E-state index is -0.511. The summed E-state index contributed by atoms with van der Waals surface area (Å²) in [5.74, 6) is -0.511. The van der Waals surface area contributed by atoms with E-state index in [1.54, 1.807) is 0 Å². The van der Waals surface area contributed by atoms with Crippen LogP contribution in [0.15, 0.2) is 60.8 Å². The fraction of sp³-hybridized carbons (Fsp3) is 0.450. The highest BCUT2D eigenvalue weighted by Gasteiger charge is 1.95. The van der Waals surface area contributed by atoms with Crippen LogP contribution in [0.25, 0.3) is 1.43 Å². The van der Waals surface area contributed by atoms with Gasteiger partial charge in [0.2, 0.25) is 1.43 Å². The second-order valence-electron chi connectivity index (χ2n) is 5.15. The van der Waals surface area contributed by atoms with Crippen LogP contribution in [-0.2, 0) is 4.79 Å². The molecule has 1 unspecified atom stereocenters. The second kappa shape index (κ2) is 16.5. The molecule has 0 saturated heterocycles. The van der Waals surface area contributed by atoms with Crippen LogP contribution in [0.2, 0.25) is 0 Å². The molecule has 0 bridgehead atoms. The Morgan fingerprint density at radius 2 is 1.83 bits per heavy atom. The molecule has 0 aliphatic heterocycles. The van der Waals surface area contributed by atoms with Crippen LogP contribution in [0, 0.1) is 0 Å². The van der Waals surface area contributed by atoms with Gasteiger partial charge in [-0.2, -0.15) is 0 Å². The van der Waals surface area contributed by atoms with Gasteiger partial charge in [-0.3, -0.25) is 4.79 Å². The number of hydrogen-bond acceptors (Lipinski definition) is 3. The lowest BCUT2D eigenvalue weighted by Crippen LogP contribution is -1.98. The Bertz CT molecular complexity index is 466. The minimum Gasteiger partial charge on any atom is -0.481 e. The summed E-state index contributed by atoms with van der Waals surface area (Å²) < 4.78 is 13.5. The molecule has 0 aliphatic rings. The zero-order valence-electron chi connectivity index (χ0n) is 16.0. The lowest BCUT2D eigenvalue weighted by molar-refractivity contribution is -0.137. The molecule has 1 atom stereocenters. The molecule has 0 spiro atoms. The number of allylic oxidation sites excluding steroid dienone is 8. The van der Waals surface area contributed by atoms with E-state index in [4.69, 9.17) is 2.86 Å². The molecule has 0 aromatic rings. The lowest BCUT2D eigenvalue weighted by atomic mass is 10.2. The molecular weight excluding hydrogens is 288 g/mol. The summed E-state index contributed by atoms with van der Waals surface area (Å²) >= 11 is 0. The van der Waals surface area contributed by atoms with Gasteiger partial charge in [0.1, 0.15) is 0 Å². The molecule has 23 heavy (non-hydrogen) atoms. The Morgan fingerprint density at radius 1 is 1.04 bits per heavy atom. The Morgan fingerprint density at radius 3 is 2.57 bits per heavy atom. The molecule has 2 N–H and O–H groups in total. The van der Waals surface area contributed by atoms with Crippen LogP contribution in [0.1, 0.15) is 51.9 Å². The summed E-state index contributed by atoms with van der Waals surface area (Å²) in [5, 5.41) is 8.49. The highest BCUT2D eigenvalue weighted by atomic mass is 16.4. The predicted octanol–water partition coefficient (Wildman–Crippen LogP) is 4.96. The Labute approximate surface area is 143 Å². The number of carboxylic acids is 1. The van der Waals surface area contributed by atoms with E-state index in [9.17, 15) is 4.79 Å². The van der Waals surface area contributed by atoms with Crippen molar-refractivity contribution in [1.29, 1.82) is 2.86 Å². The molecule has 3 nitrogen and oxygen atoms in total. The minimum absolute atomic E-state index is 0.250. The molecule has 0 radical (unpaired) electrons. The van der Waals surface area contributed by atoms with Crippen LogP contribution in [0.5, 0.6) is 0 Å². The number of aliphatic hydroxyl groups is 1. The summed E-state index contributed by atoms with van der Waals surface area (Å²) in [6.07, 6.45) is 25.1. The molecule has 0 saturated carbocycles. The topological polar surface area (TPSA) is 57.5 Å². The van der Waals surface area contributed by atoms with Crippen molar-refractivity contribution in [2.75, 3.05) is 0 Å². The van der Waals surface area contributed by atoms with E-state index in [1.165, 1.54) is 0 Å². The van der Waals surface area contributed by atoms with Crippen molar-refractivity contribution in [2.45, 2.75) is 58.0 Å². The van der Waals surface area contributed by atoms with E-state index in [0.29, 0.717) is 12.8 Å². The van der Waals surface area contributed by atoms with Gasteiger partial charge in [-0.05, 0) is 38.5 Å². The van der Waals surface area contributed by atoms with Gasteiger partial charge < -0.3 is 10.2 Å². The van der Waals surface area contributed by atoms with E-state index in [0.717, 1.165) is 25.7 Å². The van der Waals surface area contributed by atoms with Crippen molar-refractivity contribution in [1.82, 2.24) is 0 Å². The number of rotatable bonds is 14. The molecule has 128 valence electrons. The van der Waals surface area contributed by atoms with Gasteiger partial charge in [0.15, 0.2) is 0 Å². The molecule has 0 fully saturated rings. The van der Waals surface area contributed by atoms with E-state index in [2.05, 4.69) is 47.5 Å². The van der Waals surface area contributed by atoms with E-state index in [-0.39, 0.29) is 12.5 Å². The average molecular weight is 320 g/mol. The molecular formula is C20H30O3. The average Bonchev–Trinajstić information content (AvgIpc) is 2.63. The third-order valence-corrected chi connectivity index (χ3v) is 2.97. The molecule has 0 rings (SSSR count). The van der Waals surface area contributed by atoms with Gasteiger partial charge in [0.05, 0.1) is 6.10 Å². The number of hydrogen-bond donors (Lipinski definition) is 2. The lowest BCUT2D eigenvalue weighted by Gasteiger charge is -1.99. The first-order chi connectivity index (χ1) is 12.2. The standard InChI is InChI=1S/C20H30O3/c1-2-3-4-5-6-7-8-9-10-13-16-19(21)17-14-11-12-15-18-20(22)23/h3-4,6-7,9-11,13-14,16,19,21H,2,5,8,12,15,17-18H2,1H3,(H,22,23)/b4-3-,7-6-,10-9-,14-11-,16-13+/i21D/hD. The summed E-state index contributed by atoms with van der Waals surface area (Å²) in [5.41, 5.74) is 0. The zero-order valence-corrected chi connectivity index (χ0v) is 14.0. The maximum Gasteiger partial charge on any atom is 0.303 e. The van der Waals surface area contributed by atoms with Crippen molar-refractivity contribution in [3.63, 3.8) is 0 Å². The predicted molar refractivity (Wildman–Crippen MR) is 97.3 cm³/mol. The molecule has 0 aromatic heterocycles. The number of aliphatic hydroxyl groups excluding tert-OH is 1.